The Hall–Kier alpha value is -0.540. The maximum absolute atomic E-state index is 12.2. The molecule has 4 nitrogen and oxygen atoms in total. The number of aliphatic imine (C=N–C) groups is 1. The maximum atomic E-state index is 12.2. The van der Waals surface area contributed by atoms with Gasteiger partial charge in [-0.25, -0.2) is 0 Å². The van der Waals surface area contributed by atoms with Crippen molar-refractivity contribution >= 4 is 34.3 Å². The van der Waals surface area contributed by atoms with Gasteiger partial charge in [0.25, 0.3) is 0 Å². The number of hydrogen-bond acceptors (Lipinski definition) is 3. The second kappa shape index (κ2) is 4.73. The summed E-state index contributed by atoms with van der Waals surface area (Å²) in [5, 5.41) is 5.69. The predicted molar refractivity (Wildman–Crippen MR) is 85.2 cm³/mol. The Bertz CT molecular complexity index is 524. The van der Waals surface area contributed by atoms with Gasteiger partial charge in [0.15, 0.2) is 6.04 Å². The molecule has 1 aliphatic heterocycles. The van der Waals surface area contributed by atoms with E-state index >= 15 is 0 Å². The number of carbonyl (C=O) groups excluding carboxylic acids is 1. The van der Waals surface area contributed by atoms with E-state index in [1.165, 1.54) is 0 Å². The van der Waals surface area contributed by atoms with Crippen molar-refractivity contribution in [2.24, 2.45) is 10.4 Å². The lowest BCUT2D eigenvalue weighted by atomic mass is 9.43. The van der Waals surface area contributed by atoms with E-state index in [0.717, 1.165) is 25.1 Å². The van der Waals surface area contributed by atoms with E-state index in [1.807, 2.05) is 13.8 Å². The second-order valence-corrected chi connectivity index (χ2v) is 9.63. The number of alkyl halides is 4. The zero-order valence-corrected chi connectivity index (χ0v) is 14.6. The summed E-state index contributed by atoms with van der Waals surface area (Å²) in [5.74, 6) is 0.430. The number of amides is 1. The fraction of sp³-hybridized carbons (Fsp3) is 0.857. The standard InChI is InChI=1S/C14H19F3IN3O/c1-11(2)8(9(22)19-4-3-14(15,16)17)20-10(21-11)12-5-13(18,6-12)7-12/h8H,3-7H2,1-2H3,(H,19,22)(H,20,21)/t8-,12?,13?/m0/s1. The van der Waals surface area contributed by atoms with Crippen LogP contribution >= 0.6 is 22.6 Å². The van der Waals surface area contributed by atoms with Gasteiger partial charge in [0.1, 0.15) is 5.84 Å². The van der Waals surface area contributed by atoms with Gasteiger partial charge in [0.05, 0.1) is 12.0 Å². The van der Waals surface area contributed by atoms with Crippen molar-refractivity contribution < 1.29 is 18.0 Å². The molecule has 4 aliphatic rings. The van der Waals surface area contributed by atoms with Crippen molar-refractivity contribution in [3.63, 3.8) is 0 Å². The summed E-state index contributed by atoms with van der Waals surface area (Å²) in [4.78, 5) is 16.7. The van der Waals surface area contributed by atoms with Crippen LogP contribution in [0.2, 0.25) is 0 Å². The van der Waals surface area contributed by atoms with Crippen molar-refractivity contribution in [2.45, 2.75) is 60.7 Å². The van der Waals surface area contributed by atoms with Crippen LogP contribution < -0.4 is 10.6 Å². The molecule has 2 bridgehead atoms. The van der Waals surface area contributed by atoms with Crippen LogP contribution in [-0.4, -0.2) is 39.5 Å². The molecule has 0 aromatic rings. The Balaban J connectivity index is 1.62. The zero-order valence-electron chi connectivity index (χ0n) is 12.5. The highest BCUT2D eigenvalue weighted by Gasteiger charge is 2.70. The largest absolute Gasteiger partial charge is 0.390 e. The molecule has 3 fully saturated rings. The number of carbonyl (C=O) groups is 1. The fourth-order valence-electron chi connectivity index (χ4n) is 3.69. The van der Waals surface area contributed by atoms with Crippen LogP contribution in [0.5, 0.6) is 0 Å². The third kappa shape index (κ3) is 2.71. The monoisotopic (exact) mass is 429 g/mol. The number of rotatable bonds is 4. The molecule has 22 heavy (non-hydrogen) atoms. The number of hydrogen-bond donors (Lipinski definition) is 2. The van der Waals surface area contributed by atoms with E-state index in [4.69, 9.17) is 0 Å². The van der Waals surface area contributed by atoms with Gasteiger partial charge < -0.3 is 10.6 Å². The van der Waals surface area contributed by atoms with Gasteiger partial charge in [-0.1, -0.05) is 22.6 Å². The molecule has 0 saturated heterocycles. The van der Waals surface area contributed by atoms with Crippen LogP contribution in [0.4, 0.5) is 13.2 Å². The van der Waals surface area contributed by atoms with Crippen LogP contribution in [0.3, 0.4) is 0 Å². The zero-order chi connectivity index (χ0) is 16.4. The summed E-state index contributed by atoms with van der Waals surface area (Å²) in [5.41, 5.74) is -0.481. The fourth-order valence-corrected chi connectivity index (χ4v) is 5.88. The molecule has 1 atom stereocenters. The highest BCUT2D eigenvalue weighted by molar-refractivity contribution is 14.1. The van der Waals surface area contributed by atoms with Gasteiger partial charge in [0, 0.05) is 15.4 Å². The molecule has 1 amide bonds. The van der Waals surface area contributed by atoms with Gasteiger partial charge in [-0.05, 0) is 33.1 Å². The first-order valence-corrected chi connectivity index (χ1v) is 8.43. The van der Waals surface area contributed by atoms with Crippen LogP contribution in [0, 0.1) is 5.41 Å². The van der Waals surface area contributed by atoms with E-state index in [0.29, 0.717) is 3.42 Å². The molecule has 0 unspecified atom stereocenters. The lowest BCUT2D eigenvalue weighted by molar-refractivity contribution is -0.136. The minimum absolute atomic E-state index is 0.0828. The van der Waals surface area contributed by atoms with Gasteiger partial charge in [-0.3, -0.25) is 9.79 Å². The number of amidine groups is 1. The molecule has 0 aromatic carbocycles. The quantitative estimate of drug-likeness (QED) is 0.534. The lowest BCUT2D eigenvalue weighted by Crippen LogP contribution is -2.69. The lowest BCUT2D eigenvalue weighted by Gasteiger charge is -2.67. The van der Waals surface area contributed by atoms with Crippen LogP contribution in [0.25, 0.3) is 0 Å². The highest BCUT2D eigenvalue weighted by atomic mass is 127. The first-order valence-electron chi connectivity index (χ1n) is 7.35. The van der Waals surface area contributed by atoms with Gasteiger partial charge >= 0.3 is 6.18 Å². The van der Waals surface area contributed by atoms with Gasteiger partial charge in [0.2, 0.25) is 5.91 Å². The normalized spacial score (nSPS) is 38.5. The summed E-state index contributed by atoms with van der Waals surface area (Å²) < 4.78 is 36.9. The highest BCUT2D eigenvalue weighted by Crippen LogP contribution is 2.72. The second-order valence-electron chi connectivity index (χ2n) is 7.34. The Morgan fingerprint density at radius 3 is 2.50 bits per heavy atom. The van der Waals surface area contributed by atoms with E-state index in [1.54, 1.807) is 0 Å². The van der Waals surface area contributed by atoms with E-state index in [9.17, 15) is 18.0 Å². The average Bonchev–Trinajstić information content (AvgIpc) is 2.57. The summed E-state index contributed by atoms with van der Waals surface area (Å²) >= 11 is 2.47. The van der Waals surface area contributed by atoms with Gasteiger partial charge in [-0.2, -0.15) is 13.2 Å². The Labute approximate surface area is 140 Å². The van der Waals surface area contributed by atoms with Crippen molar-refractivity contribution in [3.05, 3.63) is 0 Å². The molecule has 3 saturated carbocycles. The van der Waals surface area contributed by atoms with Gasteiger partial charge in [-0.15, -0.1) is 0 Å². The van der Waals surface area contributed by atoms with Crippen LogP contribution in [0.15, 0.2) is 4.99 Å². The van der Waals surface area contributed by atoms with Crippen molar-refractivity contribution in [2.75, 3.05) is 6.54 Å². The maximum Gasteiger partial charge on any atom is 0.390 e. The molecule has 8 heteroatoms. The smallest absolute Gasteiger partial charge is 0.366 e. The Kier molecular flexibility index (Phi) is 3.51. The summed E-state index contributed by atoms with van der Waals surface area (Å²) in [6.07, 6.45) is -2.05. The topological polar surface area (TPSA) is 53.5 Å². The number of halogens is 4. The molecule has 0 radical (unpaired) electrons. The van der Waals surface area contributed by atoms with E-state index in [2.05, 4.69) is 38.2 Å². The third-order valence-electron chi connectivity index (χ3n) is 4.81. The number of nitrogens with one attached hydrogen (secondary N) is 2. The van der Waals surface area contributed by atoms with Crippen molar-refractivity contribution in [1.82, 2.24) is 10.6 Å². The molecule has 1 heterocycles. The molecular weight excluding hydrogens is 410 g/mol. The van der Waals surface area contributed by atoms with Crippen molar-refractivity contribution in [3.8, 4) is 0 Å². The SMILES string of the molecule is CC1(C)NC(C23CC(I)(C2)C3)=N[C@H]1C(=O)NCCC(F)(F)F. The molecule has 3 aliphatic carbocycles. The summed E-state index contributed by atoms with van der Waals surface area (Å²) in [7, 11) is 0. The summed E-state index contributed by atoms with van der Waals surface area (Å²) in [6.45, 7) is 3.33. The first kappa shape index (κ1) is 16.3. The third-order valence-corrected chi connectivity index (χ3v) is 5.95. The molecule has 124 valence electrons. The predicted octanol–water partition coefficient (Wildman–Crippen LogP) is 2.56. The first-order chi connectivity index (χ1) is 9.95. The Morgan fingerprint density at radius 2 is 2.00 bits per heavy atom. The minimum Gasteiger partial charge on any atom is -0.366 e. The molecule has 2 N–H and O–H groups in total. The van der Waals surface area contributed by atoms with E-state index < -0.39 is 36.6 Å². The van der Waals surface area contributed by atoms with Crippen LogP contribution in [0.1, 0.15) is 39.5 Å². The molecular formula is C14H19F3IN3O. The number of nitrogens with zero attached hydrogens (tertiary/aromatic N) is 1. The Morgan fingerprint density at radius 1 is 1.41 bits per heavy atom. The average molecular weight is 429 g/mol. The molecule has 0 spiro atoms. The summed E-state index contributed by atoms with van der Waals surface area (Å²) in [6, 6.07) is -0.671. The molecule has 0 aromatic heterocycles. The minimum atomic E-state index is -4.26. The van der Waals surface area contributed by atoms with Crippen LogP contribution in [-0.2, 0) is 4.79 Å². The van der Waals surface area contributed by atoms with E-state index in [-0.39, 0.29) is 5.41 Å². The van der Waals surface area contributed by atoms with Crippen molar-refractivity contribution in [1.29, 1.82) is 0 Å². The molecule has 4 rings (SSSR count).